The first-order chi connectivity index (χ1) is 5.52. The largest absolute Gasteiger partial charge is 0.352 e. The van der Waals surface area contributed by atoms with Crippen LogP contribution in [-0.2, 0) is 0 Å². The third-order valence-corrected chi connectivity index (χ3v) is 1.15. The molecule has 1 aromatic heterocycles. The Bertz CT molecular complexity index is 429. The molecule has 0 aliphatic rings. The maximum Gasteiger partial charge on any atom is 0.352 e. The number of H-pyrrole nitrogens is 1. The van der Waals surface area contributed by atoms with Crippen LogP contribution in [0, 0.1) is 10.1 Å². The summed E-state index contributed by atoms with van der Waals surface area (Å²) < 4.78 is 0.430. The number of rotatable bonds is 1. The van der Waals surface area contributed by atoms with Gasteiger partial charge in [-0.15, -0.1) is 0 Å². The first-order valence-corrected chi connectivity index (χ1v) is 2.78. The van der Waals surface area contributed by atoms with Crippen LogP contribution in [0.5, 0.6) is 0 Å². The van der Waals surface area contributed by atoms with Crippen molar-refractivity contribution in [3.05, 3.63) is 37.1 Å². The van der Waals surface area contributed by atoms with Crippen molar-refractivity contribution in [2.75, 3.05) is 5.84 Å². The number of nitrogens with zero attached hydrogens (tertiary/aromatic N) is 2. The summed E-state index contributed by atoms with van der Waals surface area (Å²) in [5.41, 5.74) is -2.73. The van der Waals surface area contributed by atoms with Crippen molar-refractivity contribution >= 4 is 5.69 Å². The summed E-state index contributed by atoms with van der Waals surface area (Å²) in [4.78, 5) is 32.1. The molecule has 0 bridgehead atoms. The maximum atomic E-state index is 10.7. The monoisotopic (exact) mass is 172 g/mol. The fourth-order valence-corrected chi connectivity index (χ4v) is 0.605. The van der Waals surface area contributed by atoms with Gasteiger partial charge in [0.2, 0.25) is 0 Å². The average molecular weight is 172 g/mol. The molecule has 0 saturated carbocycles. The number of nitrogen functional groups attached to an aromatic ring is 1. The molecule has 0 atom stereocenters. The molecule has 0 fully saturated rings. The summed E-state index contributed by atoms with van der Waals surface area (Å²) in [6.45, 7) is 0. The Morgan fingerprint density at radius 3 is 2.67 bits per heavy atom. The Morgan fingerprint density at radius 1 is 1.58 bits per heavy atom. The van der Waals surface area contributed by atoms with E-state index in [9.17, 15) is 19.7 Å². The highest BCUT2D eigenvalue weighted by Gasteiger charge is 2.13. The highest BCUT2D eigenvalue weighted by atomic mass is 16.6. The lowest BCUT2D eigenvalue weighted by Gasteiger charge is -1.93. The highest BCUT2D eigenvalue weighted by Crippen LogP contribution is 1.95. The first kappa shape index (κ1) is 7.98. The molecule has 1 aromatic rings. The normalized spacial score (nSPS) is 9.67. The van der Waals surface area contributed by atoms with Crippen molar-refractivity contribution in [2.24, 2.45) is 0 Å². The standard InChI is InChI=1S/C4H4N4O4/c5-7-1-2(8(11)12)3(9)6-4(7)10/h1H,5H2,(H,6,9,10). The van der Waals surface area contributed by atoms with Crippen molar-refractivity contribution in [2.45, 2.75) is 0 Å². The minimum Gasteiger partial charge on any atom is -0.335 e. The summed E-state index contributed by atoms with van der Waals surface area (Å²) in [6.07, 6.45) is 0.654. The van der Waals surface area contributed by atoms with Crippen LogP contribution >= 0.6 is 0 Å². The maximum absolute atomic E-state index is 10.7. The van der Waals surface area contributed by atoms with Gasteiger partial charge in [0, 0.05) is 0 Å². The molecule has 0 saturated heterocycles. The van der Waals surface area contributed by atoms with Crippen molar-refractivity contribution in [3.63, 3.8) is 0 Å². The van der Waals surface area contributed by atoms with E-state index >= 15 is 0 Å². The van der Waals surface area contributed by atoms with Crippen LogP contribution in [0.15, 0.2) is 15.8 Å². The van der Waals surface area contributed by atoms with E-state index in [1.54, 1.807) is 4.98 Å². The Morgan fingerprint density at radius 2 is 2.17 bits per heavy atom. The molecule has 8 nitrogen and oxygen atoms in total. The number of hydrogen-bond donors (Lipinski definition) is 2. The summed E-state index contributed by atoms with van der Waals surface area (Å²) in [5, 5.41) is 10.1. The molecule has 0 radical (unpaired) electrons. The van der Waals surface area contributed by atoms with Gasteiger partial charge in [-0.05, 0) is 0 Å². The predicted molar refractivity (Wildman–Crippen MR) is 38.1 cm³/mol. The molecule has 8 heteroatoms. The molecule has 0 spiro atoms. The smallest absolute Gasteiger partial charge is 0.335 e. The van der Waals surface area contributed by atoms with Crippen molar-refractivity contribution in [3.8, 4) is 0 Å². The second-order valence-electron chi connectivity index (χ2n) is 1.94. The van der Waals surface area contributed by atoms with E-state index in [-0.39, 0.29) is 0 Å². The van der Waals surface area contributed by atoms with Gasteiger partial charge < -0.3 is 5.84 Å². The van der Waals surface area contributed by atoms with E-state index in [2.05, 4.69) is 0 Å². The highest BCUT2D eigenvalue weighted by molar-refractivity contribution is 5.20. The van der Waals surface area contributed by atoms with Gasteiger partial charge in [-0.2, -0.15) is 0 Å². The van der Waals surface area contributed by atoms with Gasteiger partial charge in [-0.25, -0.2) is 9.47 Å². The summed E-state index contributed by atoms with van der Waals surface area (Å²) >= 11 is 0. The Kier molecular flexibility index (Phi) is 1.66. The summed E-state index contributed by atoms with van der Waals surface area (Å²) in [7, 11) is 0. The van der Waals surface area contributed by atoms with E-state index in [0.717, 1.165) is 0 Å². The van der Waals surface area contributed by atoms with Crippen molar-refractivity contribution in [1.29, 1.82) is 0 Å². The second kappa shape index (κ2) is 2.49. The third kappa shape index (κ3) is 1.17. The van der Waals surface area contributed by atoms with Gasteiger partial charge in [0.1, 0.15) is 6.20 Å². The number of nitrogens with two attached hydrogens (primary N) is 1. The van der Waals surface area contributed by atoms with Crippen LogP contribution in [0.3, 0.4) is 0 Å². The van der Waals surface area contributed by atoms with Gasteiger partial charge in [0.25, 0.3) is 0 Å². The molecule has 0 aliphatic heterocycles. The topological polar surface area (TPSA) is 124 Å². The molecular formula is C4H4N4O4. The summed E-state index contributed by atoms with van der Waals surface area (Å²) in [6, 6.07) is 0. The molecule has 0 unspecified atom stereocenters. The van der Waals surface area contributed by atoms with Crippen molar-refractivity contribution < 1.29 is 4.92 Å². The molecule has 3 N–H and O–H groups in total. The van der Waals surface area contributed by atoms with Crippen LogP contribution in [-0.4, -0.2) is 14.6 Å². The van der Waals surface area contributed by atoms with Crippen LogP contribution in [0.1, 0.15) is 0 Å². The number of hydrogen-bond acceptors (Lipinski definition) is 5. The molecule has 64 valence electrons. The number of aromatic nitrogens is 2. The van der Waals surface area contributed by atoms with E-state index in [1.807, 2.05) is 0 Å². The lowest BCUT2D eigenvalue weighted by atomic mass is 10.5. The van der Waals surface area contributed by atoms with E-state index in [4.69, 9.17) is 5.84 Å². The van der Waals surface area contributed by atoms with E-state index in [0.29, 0.717) is 10.9 Å². The zero-order chi connectivity index (χ0) is 9.30. The number of nitro groups is 1. The zero-order valence-corrected chi connectivity index (χ0v) is 5.68. The van der Waals surface area contributed by atoms with Gasteiger partial charge >= 0.3 is 16.9 Å². The van der Waals surface area contributed by atoms with Gasteiger partial charge in [0.05, 0.1) is 4.92 Å². The van der Waals surface area contributed by atoms with Gasteiger partial charge in [-0.3, -0.25) is 19.9 Å². The molecule has 0 amide bonds. The predicted octanol–water partition coefficient (Wildman–Crippen LogP) is -1.84. The minimum absolute atomic E-state index is 0.430. The van der Waals surface area contributed by atoms with E-state index in [1.165, 1.54) is 0 Å². The third-order valence-electron chi connectivity index (χ3n) is 1.15. The first-order valence-electron chi connectivity index (χ1n) is 2.78. The molecule has 0 aliphatic carbocycles. The molecule has 1 rings (SSSR count). The van der Waals surface area contributed by atoms with E-state index < -0.39 is 21.9 Å². The van der Waals surface area contributed by atoms with Crippen LogP contribution in [0.4, 0.5) is 5.69 Å². The molecule has 0 aromatic carbocycles. The lowest BCUT2D eigenvalue weighted by molar-refractivity contribution is -0.386. The quantitative estimate of drug-likeness (QED) is 0.292. The van der Waals surface area contributed by atoms with Crippen LogP contribution in [0.2, 0.25) is 0 Å². The number of aromatic amines is 1. The minimum atomic E-state index is -1.06. The Labute approximate surface area is 64.4 Å². The average Bonchev–Trinajstić information content (AvgIpc) is 1.96. The fraction of sp³-hybridized carbons (Fsp3) is 0. The van der Waals surface area contributed by atoms with Gasteiger partial charge in [0.15, 0.2) is 0 Å². The number of nitrogens with one attached hydrogen (secondary N) is 1. The molecule has 12 heavy (non-hydrogen) atoms. The molecule has 1 heterocycles. The zero-order valence-electron chi connectivity index (χ0n) is 5.68. The molecular weight excluding hydrogens is 168 g/mol. The van der Waals surface area contributed by atoms with Crippen molar-refractivity contribution in [1.82, 2.24) is 9.66 Å². The fourth-order valence-electron chi connectivity index (χ4n) is 0.605. The SMILES string of the molecule is Nn1cc([N+](=O)[O-])c(=O)[nH]c1=O. The van der Waals surface area contributed by atoms with Gasteiger partial charge in [-0.1, -0.05) is 0 Å². The second-order valence-corrected chi connectivity index (χ2v) is 1.94. The Hall–Kier alpha value is -2.12. The van der Waals surface area contributed by atoms with Crippen LogP contribution < -0.4 is 17.1 Å². The lowest BCUT2D eigenvalue weighted by Crippen LogP contribution is -2.34. The summed E-state index contributed by atoms with van der Waals surface area (Å²) in [5.74, 6) is 4.96. The Balaban J connectivity index is 3.54. The van der Waals surface area contributed by atoms with Crippen LogP contribution in [0.25, 0.3) is 0 Å².